The van der Waals surface area contributed by atoms with Crippen LogP contribution in [0.2, 0.25) is 0 Å². The maximum absolute atomic E-state index is 12.2. The molecule has 1 aromatic heterocycles. The molecule has 0 aromatic carbocycles. The van der Waals surface area contributed by atoms with Crippen LogP contribution in [0.15, 0.2) is 21.3 Å². The van der Waals surface area contributed by atoms with E-state index in [9.17, 15) is 13.5 Å². The fraction of sp³-hybridized carbons (Fsp3) is 0.688. The second kappa shape index (κ2) is 9.65. The summed E-state index contributed by atoms with van der Waals surface area (Å²) in [6.07, 6.45) is 1.58. The number of nitrogens with one attached hydrogen (secondary N) is 3. The van der Waals surface area contributed by atoms with E-state index in [1.54, 1.807) is 19.2 Å². The first-order valence-electron chi connectivity index (χ1n) is 8.60. The molecule has 8 nitrogen and oxygen atoms in total. The number of rotatable bonds is 9. The lowest BCUT2D eigenvalue weighted by atomic mass is 9.84. The highest BCUT2D eigenvalue weighted by Gasteiger charge is 2.34. The number of aryl methyl sites for hydroxylation is 1. The van der Waals surface area contributed by atoms with Gasteiger partial charge in [0.05, 0.1) is 6.61 Å². The molecule has 4 N–H and O–H groups in total. The van der Waals surface area contributed by atoms with E-state index in [1.165, 1.54) is 11.3 Å². The Morgan fingerprint density at radius 1 is 1.38 bits per heavy atom. The normalized spacial score (nSPS) is 21.1. The highest BCUT2D eigenvalue weighted by Crippen LogP contribution is 2.31. The first-order valence-corrected chi connectivity index (χ1v) is 10.9. The van der Waals surface area contributed by atoms with Crippen molar-refractivity contribution >= 4 is 27.3 Å². The molecule has 0 aliphatic carbocycles. The zero-order chi connectivity index (χ0) is 19.0. The summed E-state index contributed by atoms with van der Waals surface area (Å²) in [4.78, 5) is 5.11. The molecule has 1 aromatic rings. The Balaban J connectivity index is 1.75. The van der Waals surface area contributed by atoms with Crippen LogP contribution in [0.1, 0.15) is 17.7 Å². The van der Waals surface area contributed by atoms with Crippen molar-refractivity contribution in [3.63, 3.8) is 0 Å². The zero-order valence-corrected chi connectivity index (χ0v) is 16.9. The van der Waals surface area contributed by atoms with Gasteiger partial charge in [0.1, 0.15) is 4.21 Å². The van der Waals surface area contributed by atoms with E-state index in [0.29, 0.717) is 42.9 Å². The first-order chi connectivity index (χ1) is 12.4. The van der Waals surface area contributed by atoms with Gasteiger partial charge in [-0.2, -0.15) is 0 Å². The third kappa shape index (κ3) is 5.92. The van der Waals surface area contributed by atoms with Gasteiger partial charge in [-0.05, 0) is 31.9 Å². The second-order valence-electron chi connectivity index (χ2n) is 6.39. The minimum absolute atomic E-state index is 0.0784. The Hall–Kier alpha value is -1.20. The lowest BCUT2D eigenvalue weighted by Crippen LogP contribution is -2.46. The molecule has 2 rings (SSSR count). The largest absolute Gasteiger partial charge is 0.396 e. The van der Waals surface area contributed by atoms with Crippen LogP contribution in [-0.2, 0) is 14.8 Å². The van der Waals surface area contributed by atoms with Gasteiger partial charge < -0.3 is 20.5 Å². The number of aliphatic imine (C=N–C) groups is 1. The van der Waals surface area contributed by atoms with E-state index in [-0.39, 0.29) is 18.6 Å². The van der Waals surface area contributed by atoms with E-state index in [2.05, 4.69) is 20.3 Å². The van der Waals surface area contributed by atoms with Crippen molar-refractivity contribution in [1.29, 1.82) is 0 Å². The molecule has 1 aliphatic heterocycles. The van der Waals surface area contributed by atoms with Gasteiger partial charge in [-0.15, -0.1) is 11.3 Å². The highest BCUT2D eigenvalue weighted by atomic mass is 32.2. The molecule has 0 bridgehead atoms. The topological polar surface area (TPSA) is 112 Å². The Morgan fingerprint density at radius 2 is 2.19 bits per heavy atom. The summed E-state index contributed by atoms with van der Waals surface area (Å²) in [6.45, 7) is 4.64. The quantitative estimate of drug-likeness (QED) is 0.267. The van der Waals surface area contributed by atoms with E-state index >= 15 is 0 Å². The van der Waals surface area contributed by atoms with Crippen LogP contribution in [0.4, 0.5) is 0 Å². The molecule has 1 saturated heterocycles. The number of guanidine groups is 1. The number of thiophene rings is 1. The van der Waals surface area contributed by atoms with Crippen molar-refractivity contribution < 1.29 is 18.3 Å². The van der Waals surface area contributed by atoms with Gasteiger partial charge in [0.2, 0.25) is 10.0 Å². The minimum atomic E-state index is -3.46. The number of ether oxygens (including phenoxy) is 1. The number of sulfonamides is 1. The average Bonchev–Trinajstić information content (AvgIpc) is 3.24. The molecular weight excluding hydrogens is 376 g/mol. The second-order valence-corrected chi connectivity index (χ2v) is 9.67. The number of hydrogen-bond acceptors (Lipinski definition) is 6. The molecule has 148 valence electrons. The Morgan fingerprint density at radius 3 is 2.77 bits per heavy atom. The van der Waals surface area contributed by atoms with Crippen molar-refractivity contribution in [1.82, 2.24) is 15.4 Å². The van der Waals surface area contributed by atoms with E-state index in [0.717, 1.165) is 11.3 Å². The minimum Gasteiger partial charge on any atom is -0.396 e. The fourth-order valence-electron chi connectivity index (χ4n) is 2.80. The van der Waals surface area contributed by atoms with Crippen molar-refractivity contribution in [2.45, 2.75) is 24.0 Å². The molecule has 0 spiro atoms. The standard InChI is InChI=1S/C16H28N4O4S2/c1-13-3-4-14(25-13)26(22,23)20-8-7-18-15(17-2)19-11-16(5-9-21)6-10-24-12-16/h3-4,20-21H,5-12H2,1-2H3,(H2,17,18,19). The fourth-order valence-corrected chi connectivity index (χ4v) is 5.16. The summed E-state index contributed by atoms with van der Waals surface area (Å²) in [6, 6.07) is 3.40. The molecule has 1 fully saturated rings. The van der Waals surface area contributed by atoms with Crippen LogP contribution in [0, 0.1) is 12.3 Å². The third-order valence-electron chi connectivity index (χ3n) is 4.37. The van der Waals surface area contributed by atoms with Crippen molar-refractivity contribution in [3.05, 3.63) is 17.0 Å². The summed E-state index contributed by atoms with van der Waals surface area (Å²) >= 11 is 1.25. The van der Waals surface area contributed by atoms with Gasteiger partial charge in [-0.3, -0.25) is 4.99 Å². The van der Waals surface area contributed by atoms with Gasteiger partial charge in [-0.1, -0.05) is 0 Å². The van der Waals surface area contributed by atoms with E-state index in [1.807, 2.05) is 6.92 Å². The third-order valence-corrected chi connectivity index (χ3v) is 7.33. The van der Waals surface area contributed by atoms with Crippen LogP contribution in [0.25, 0.3) is 0 Å². The lowest BCUT2D eigenvalue weighted by molar-refractivity contribution is 0.127. The summed E-state index contributed by atoms with van der Waals surface area (Å²) in [5, 5.41) is 15.6. The van der Waals surface area contributed by atoms with Crippen LogP contribution in [0.5, 0.6) is 0 Å². The molecule has 2 heterocycles. The summed E-state index contributed by atoms with van der Waals surface area (Å²) < 4.78 is 32.7. The number of nitrogens with zero attached hydrogens (tertiary/aromatic N) is 1. The first kappa shape index (κ1) is 21.1. The Labute approximate surface area is 159 Å². The maximum atomic E-state index is 12.2. The summed E-state index contributed by atoms with van der Waals surface area (Å²) in [5.74, 6) is 0.598. The predicted octanol–water partition coefficient (Wildman–Crippen LogP) is 0.289. The SMILES string of the molecule is CN=C(NCCNS(=O)(=O)c1ccc(C)s1)NCC1(CCO)CCOC1. The van der Waals surface area contributed by atoms with Crippen LogP contribution in [-0.4, -0.2) is 66.0 Å². The monoisotopic (exact) mass is 404 g/mol. The number of aliphatic hydroxyl groups excluding tert-OH is 1. The molecule has 0 radical (unpaired) electrons. The van der Waals surface area contributed by atoms with Gasteiger partial charge in [0.25, 0.3) is 0 Å². The lowest BCUT2D eigenvalue weighted by Gasteiger charge is -2.27. The molecule has 0 amide bonds. The van der Waals surface area contributed by atoms with Gasteiger partial charge in [0.15, 0.2) is 5.96 Å². The molecule has 0 saturated carbocycles. The molecular formula is C16H28N4O4S2. The van der Waals surface area contributed by atoms with Crippen LogP contribution >= 0.6 is 11.3 Å². The average molecular weight is 405 g/mol. The molecule has 1 unspecified atom stereocenters. The van der Waals surface area contributed by atoms with Gasteiger partial charge in [0, 0.05) is 50.2 Å². The van der Waals surface area contributed by atoms with E-state index in [4.69, 9.17) is 4.74 Å². The highest BCUT2D eigenvalue weighted by molar-refractivity contribution is 7.91. The van der Waals surface area contributed by atoms with Crippen molar-refractivity contribution in [3.8, 4) is 0 Å². The smallest absolute Gasteiger partial charge is 0.250 e. The zero-order valence-electron chi connectivity index (χ0n) is 15.2. The van der Waals surface area contributed by atoms with Crippen molar-refractivity contribution in [2.24, 2.45) is 10.4 Å². The predicted molar refractivity (Wildman–Crippen MR) is 103 cm³/mol. The van der Waals surface area contributed by atoms with Gasteiger partial charge in [-0.25, -0.2) is 13.1 Å². The molecule has 10 heteroatoms. The molecule has 26 heavy (non-hydrogen) atoms. The summed E-state index contributed by atoms with van der Waals surface area (Å²) in [7, 11) is -1.80. The number of hydrogen-bond donors (Lipinski definition) is 4. The molecule has 1 atom stereocenters. The van der Waals surface area contributed by atoms with Crippen LogP contribution < -0.4 is 15.4 Å². The van der Waals surface area contributed by atoms with E-state index < -0.39 is 10.0 Å². The molecule has 1 aliphatic rings. The summed E-state index contributed by atoms with van der Waals surface area (Å²) in [5.41, 5.74) is -0.0784. The maximum Gasteiger partial charge on any atom is 0.250 e. The Bertz CT molecular complexity index is 697. The number of aliphatic hydroxyl groups is 1. The van der Waals surface area contributed by atoms with Crippen LogP contribution in [0.3, 0.4) is 0 Å². The van der Waals surface area contributed by atoms with Crippen molar-refractivity contribution in [2.75, 3.05) is 46.5 Å². The Kier molecular flexibility index (Phi) is 7.84. The van der Waals surface area contributed by atoms with Gasteiger partial charge >= 0.3 is 0 Å².